The van der Waals surface area contributed by atoms with Crippen molar-refractivity contribution in [3.8, 4) is 0 Å². The van der Waals surface area contributed by atoms with Crippen molar-refractivity contribution in [2.75, 3.05) is 32.7 Å². The van der Waals surface area contributed by atoms with Gasteiger partial charge in [0.2, 0.25) is 5.91 Å². The van der Waals surface area contributed by atoms with Crippen molar-refractivity contribution < 1.29 is 18.4 Å². The fourth-order valence-corrected chi connectivity index (χ4v) is 5.51. The highest BCUT2D eigenvalue weighted by Gasteiger charge is 2.37. The molecule has 2 aromatic heterocycles. The van der Waals surface area contributed by atoms with E-state index in [1.54, 1.807) is 11.3 Å². The third kappa shape index (κ3) is 4.38. The number of hydrogen-bond acceptors (Lipinski definition) is 6. The molecule has 1 unspecified atom stereocenters. The number of carbonyl (C=O) groups excluding carboxylic acids is 2. The molecule has 2 fully saturated rings. The van der Waals surface area contributed by atoms with Gasteiger partial charge in [0, 0.05) is 30.8 Å². The first-order valence-corrected chi connectivity index (χ1v) is 12.6. The Hall–Kier alpha value is -3.39. The van der Waals surface area contributed by atoms with Gasteiger partial charge in [0.1, 0.15) is 23.1 Å². The minimum absolute atomic E-state index is 0.0677. The van der Waals surface area contributed by atoms with Crippen LogP contribution in [-0.4, -0.2) is 65.1 Å². The van der Waals surface area contributed by atoms with Crippen molar-refractivity contribution in [3.63, 3.8) is 0 Å². The van der Waals surface area contributed by atoms with Crippen LogP contribution in [0.25, 0.3) is 11.0 Å². The molecule has 0 N–H and O–H groups in total. The van der Waals surface area contributed by atoms with Crippen molar-refractivity contribution in [2.24, 2.45) is 11.0 Å². The number of nitrogens with zero attached hydrogens (tertiary/aromatic N) is 4. The largest absolute Gasteiger partial charge is 0.467 e. The van der Waals surface area contributed by atoms with E-state index < -0.39 is 0 Å². The van der Waals surface area contributed by atoms with Gasteiger partial charge in [-0.15, -0.1) is 0 Å². The van der Waals surface area contributed by atoms with Crippen LogP contribution in [-0.2, 0) is 9.59 Å². The number of piperidine rings is 1. The second-order valence-electron chi connectivity index (χ2n) is 9.75. The molecular formula is C27H30N4O4. The van der Waals surface area contributed by atoms with Crippen LogP contribution >= 0.6 is 0 Å². The number of fused-ring (bicyclic) bond motifs is 1. The lowest BCUT2D eigenvalue weighted by molar-refractivity contribution is -0.137. The molecule has 2 saturated heterocycles. The van der Waals surface area contributed by atoms with E-state index in [2.05, 4.69) is 4.90 Å². The summed E-state index contributed by atoms with van der Waals surface area (Å²) in [7, 11) is 0. The van der Waals surface area contributed by atoms with E-state index in [0.717, 1.165) is 68.5 Å². The van der Waals surface area contributed by atoms with Gasteiger partial charge < -0.3 is 13.7 Å². The lowest BCUT2D eigenvalue weighted by Gasteiger charge is -2.33. The Morgan fingerprint density at radius 3 is 2.54 bits per heavy atom. The standard InChI is InChI=1S/C27H30N4O4/c32-26(18-29-13-9-19(10-14-29)27(33)30-11-3-4-12-30)31-22(24-8-5-15-34-24)17-21(28-31)25-16-20-6-1-2-7-23(20)35-25/h1-2,5-8,15-16,19,22H,3-4,9-14,17-18H2. The second-order valence-corrected chi connectivity index (χ2v) is 9.75. The Balaban J connectivity index is 1.15. The Labute approximate surface area is 204 Å². The number of hydrazone groups is 1. The third-order valence-electron chi connectivity index (χ3n) is 7.46. The van der Waals surface area contributed by atoms with Crippen LogP contribution in [0.3, 0.4) is 0 Å². The van der Waals surface area contributed by atoms with Gasteiger partial charge in [0.25, 0.3) is 5.91 Å². The van der Waals surface area contributed by atoms with Crippen LogP contribution in [0, 0.1) is 5.92 Å². The van der Waals surface area contributed by atoms with Crippen LogP contribution in [0.5, 0.6) is 0 Å². The molecule has 0 radical (unpaired) electrons. The van der Waals surface area contributed by atoms with Gasteiger partial charge >= 0.3 is 0 Å². The average Bonchev–Trinajstić information content (AvgIpc) is 3.69. The summed E-state index contributed by atoms with van der Waals surface area (Å²) >= 11 is 0. The molecule has 0 bridgehead atoms. The molecule has 3 aliphatic heterocycles. The van der Waals surface area contributed by atoms with Crippen molar-refractivity contribution in [2.45, 2.75) is 38.1 Å². The van der Waals surface area contributed by atoms with Gasteiger partial charge in [-0.25, -0.2) is 5.01 Å². The van der Waals surface area contributed by atoms with Gasteiger partial charge in [-0.05, 0) is 63.0 Å². The van der Waals surface area contributed by atoms with Crippen LogP contribution in [0.15, 0.2) is 62.7 Å². The summed E-state index contributed by atoms with van der Waals surface area (Å²) in [6, 6.07) is 13.2. The van der Waals surface area contributed by atoms with E-state index in [4.69, 9.17) is 13.9 Å². The average molecular weight is 475 g/mol. The second kappa shape index (κ2) is 9.34. The maximum absolute atomic E-state index is 13.4. The number of hydrogen-bond donors (Lipinski definition) is 0. The predicted octanol–water partition coefficient (Wildman–Crippen LogP) is 4.04. The van der Waals surface area contributed by atoms with Crippen molar-refractivity contribution in [1.29, 1.82) is 0 Å². The van der Waals surface area contributed by atoms with E-state index in [1.807, 2.05) is 47.4 Å². The molecule has 0 aliphatic carbocycles. The fourth-order valence-electron chi connectivity index (χ4n) is 5.51. The molecule has 8 heteroatoms. The van der Waals surface area contributed by atoms with Crippen LogP contribution < -0.4 is 0 Å². The third-order valence-corrected chi connectivity index (χ3v) is 7.46. The van der Waals surface area contributed by atoms with Crippen molar-refractivity contribution in [1.82, 2.24) is 14.8 Å². The smallest absolute Gasteiger partial charge is 0.257 e. The zero-order valence-corrected chi connectivity index (χ0v) is 19.8. The monoisotopic (exact) mass is 474 g/mol. The van der Waals surface area contributed by atoms with E-state index in [1.165, 1.54) is 0 Å². The lowest BCUT2D eigenvalue weighted by Crippen LogP contribution is -2.45. The highest BCUT2D eigenvalue weighted by molar-refractivity contribution is 6.03. The SMILES string of the molecule is O=C(C1CCN(CC(=O)N2N=C(c3cc4ccccc4o3)CC2c2ccco2)CC1)N1CCCC1. The Morgan fingerprint density at radius 1 is 1.00 bits per heavy atom. The van der Waals surface area contributed by atoms with Gasteiger partial charge in [-0.3, -0.25) is 14.5 Å². The summed E-state index contributed by atoms with van der Waals surface area (Å²) < 4.78 is 11.7. The summed E-state index contributed by atoms with van der Waals surface area (Å²) in [5, 5.41) is 7.28. The Kier molecular flexibility index (Phi) is 5.90. The molecule has 2 amide bonds. The molecule has 182 valence electrons. The molecule has 3 aliphatic rings. The first-order valence-electron chi connectivity index (χ1n) is 12.6. The van der Waals surface area contributed by atoms with Gasteiger partial charge in [-0.2, -0.15) is 5.10 Å². The van der Waals surface area contributed by atoms with Crippen LogP contribution in [0.2, 0.25) is 0 Å². The molecule has 8 nitrogen and oxygen atoms in total. The maximum atomic E-state index is 13.4. The molecule has 6 rings (SSSR count). The predicted molar refractivity (Wildman–Crippen MR) is 131 cm³/mol. The lowest BCUT2D eigenvalue weighted by atomic mass is 9.95. The molecule has 5 heterocycles. The summed E-state index contributed by atoms with van der Waals surface area (Å²) in [6.45, 7) is 3.56. The molecular weight excluding hydrogens is 444 g/mol. The molecule has 0 saturated carbocycles. The van der Waals surface area contributed by atoms with Crippen LogP contribution in [0.1, 0.15) is 49.7 Å². The number of benzene rings is 1. The molecule has 35 heavy (non-hydrogen) atoms. The van der Waals surface area contributed by atoms with Crippen molar-refractivity contribution >= 4 is 28.5 Å². The van der Waals surface area contributed by atoms with E-state index in [-0.39, 0.29) is 24.4 Å². The normalized spacial score (nSPS) is 21.7. The first-order chi connectivity index (χ1) is 17.2. The number of carbonyl (C=O) groups is 2. The minimum Gasteiger partial charge on any atom is -0.467 e. The topological polar surface area (TPSA) is 82.5 Å². The van der Waals surface area contributed by atoms with Crippen molar-refractivity contribution in [3.05, 3.63) is 60.2 Å². The van der Waals surface area contributed by atoms with E-state index in [9.17, 15) is 9.59 Å². The van der Waals surface area contributed by atoms with Gasteiger partial charge in [-0.1, -0.05) is 18.2 Å². The van der Waals surface area contributed by atoms with E-state index >= 15 is 0 Å². The zero-order valence-electron chi connectivity index (χ0n) is 19.8. The maximum Gasteiger partial charge on any atom is 0.257 e. The number of rotatable bonds is 5. The molecule has 0 spiro atoms. The molecule has 1 aromatic carbocycles. The summed E-state index contributed by atoms with van der Waals surface area (Å²) in [5.74, 6) is 1.70. The number of amides is 2. The Bertz CT molecular complexity index is 1200. The molecule has 3 aromatic rings. The fraction of sp³-hybridized carbons (Fsp3) is 0.444. The first kappa shape index (κ1) is 22.1. The highest BCUT2D eigenvalue weighted by Crippen LogP contribution is 2.34. The summed E-state index contributed by atoms with van der Waals surface area (Å²) in [5.41, 5.74) is 1.54. The Morgan fingerprint density at radius 2 is 1.80 bits per heavy atom. The van der Waals surface area contributed by atoms with Gasteiger partial charge in [0.15, 0.2) is 5.76 Å². The number of likely N-dealkylation sites (tertiary alicyclic amines) is 2. The summed E-state index contributed by atoms with van der Waals surface area (Å²) in [4.78, 5) is 30.3. The number of para-hydroxylation sites is 1. The van der Waals surface area contributed by atoms with Crippen LogP contribution in [0.4, 0.5) is 0 Å². The molecule has 1 atom stereocenters. The highest BCUT2D eigenvalue weighted by atomic mass is 16.3. The van der Waals surface area contributed by atoms with Gasteiger partial charge in [0.05, 0.1) is 12.8 Å². The minimum atomic E-state index is -0.296. The number of furan rings is 2. The summed E-state index contributed by atoms with van der Waals surface area (Å²) in [6.07, 6.45) is 5.99. The van der Waals surface area contributed by atoms with E-state index in [0.29, 0.717) is 23.8 Å². The zero-order chi connectivity index (χ0) is 23.8. The quantitative estimate of drug-likeness (QED) is 0.558.